The van der Waals surface area contributed by atoms with E-state index in [1.54, 1.807) is 16.7 Å². The molecule has 0 aromatic carbocycles. The third-order valence-electron chi connectivity index (χ3n) is 5.23. The van der Waals surface area contributed by atoms with Crippen molar-refractivity contribution in [2.45, 2.75) is 59.5 Å². The first-order valence-electron chi connectivity index (χ1n) is 11.5. The highest BCUT2D eigenvalue weighted by molar-refractivity contribution is 7.98. The zero-order valence-corrected chi connectivity index (χ0v) is 21.5. The number of anilines is 2. The molecular formula is C24H36N4O4S. The van der Waals surface area contributed by atoms with Crippen LogP contribution in [0.3, 0.4) is 0 Å². The van der Waals surface area contributed by atoms with E-state index in [9.17, 15) is 4.79 Å². The molecule has 9 heteroatoms. The number of aryl methyl sites for hydroxylation is 4. The zero-order valence-electron chi connectivity index (χ0n) is 20.6. The number of amides is 1. The van der Waals surface area contributed by atoms with Gasteiger partial charge in [-0.1, -0.05) is 6.92 Å². The standard InChI is InChI=1S/C24H36N4O4S/c1-7-20-17(2)25-22(31-20)9-8-18-14-19(27-10-12-30-13-11-27)15-21(26-18)28(16-33-6)23(29)32-24(3,4)5/h14-15H,7-13,16H2,1-6H3. The number of hydrogen-bond donors (Lipinski definition) is 0. The molecule has 0 unspecified atom stereocenters. The molecule has 0 radical (unpaired) electrons. The van der Waals surface area contributed by atoms with E-state index in [1.807, 2.05) is 40.0 Å². The lowest BCUT2D eigenvalue weighted by Gasteiger charge is -2.31. The van der Waals surface area contributed by atoms with Crippen LogP contribution >= 0.6 is 11.8 Å². The average Bonchev–Trinajstić information content (AvgIpc) is 3.14. The summed E-state index contributed by atoms with van der Waals surface area (Å²) in [7, 11) is 0. The third-order valence-corrected chi connectivity index (χ3v) is 5.74. The normalized spacial score (nSPS) is 14.4. The quantitative estimate of drug-likeness (QED) is 0.511. The lowest BCUT2D eigenvalue weighted by atomic mass is 10.2. The Labute approximate surface area is 201 Å². The number of carbonyl (C=O) groups is 1. The van der Waals surface area contributed by atoms with Crippen LogP contribution in [-0.2, 0) is 28.7 Å². The molecule has 1 aliphatic rings. The Morgan fingerprint density at radius 2 is 1.94 bits per heavy atom. The molecule has 2 aromatic rings. The molecule has 0 saturated carbocycles. The molecule has 0 aliphatic carbocycles. The summed E-state index contributed by atoms with van der Waals surface area (Å²) in [5.41, 5.74) is 2.28. The number of rotatable bonds is 8. The largest absolute Gasteiger partial charge is 0.445 e. The van der Waals surface area contributed by atoms with Gasteiger partial charge in [-0.25, -0.2) is 14.8 Å². The molecule has 1 fully saturated rings. The van der Waals surface area contributed by atoms with Gasteiger partial charge in [0.2, 0.25) is 0 Å². The number of pyridine rings is 1. The summed E-state index contributed by atoms with van der Waals surface area (Å²) >= 11 is 1.55. The Morgan fingerprint density at radius 3 is 2.55 bits per heavy atom. The fourth-order valence-corrected chi connectivity index (χ4v) is 4.14. The first kappa shape index (κ1) is 25.4. The van der Waals surface area contributed by atoms with Gasteiger partial charge in [-0.3, -0.25) is 4.90 Å². The molecule has 8 nitrogen and oxygen atoms in total. The monoisotopic (exact) mass is 476 g/mol. The second-order valence-electron chi connectivity index (χ2n) is 9.07. The molecule has 33 heavy (non-hydrogen) atoms. The molecule has 2 aromatic heterocycles. The summed E-state index contributed by atoms with van der Waals surface area (Å²) in [5.74, 6) is 2.69. The van der Waals surface area contributed by atoms with Crippen LogP contribution in [0.15, 0.2) is 16.5 Å². The Balaban J connectivity index is 1.90. The van der Waals surface area contributed by atoms with Gasteiger partial charge >= 0.3 is 6.09 Å². The minimum absolute atomic E-state index is 0.398. The molecule has 0 bridgehead atoms. The number of carbonyl (C=O) groups excluding carboxylic acids is 1. The highest BCUT2D eigenvalue weighted by Crippen LogP contribution is 2.26. The minimum Gasteiger partial charge on any atom is -0.445 e. The van der Waals surface area contributed by atoms with Gasteiger partial charge in [-0.05, 0) is 46.4 Å². The fourth-order valence-electron chi connectivity index (χ4n) is 3.64. The van der Waals surface area contributed by atoms with E-state index >= 15 is 0 Å². The number of hydrogen-bond acceptors (Lipinski definition) is 8. The Morgan fingerprint density at radius 1 is 1.21 bits per heavy atom. The van der Waals surface area contributed by atoms with Crippen molar-refractivity contribution < 1.29 is 18.7 Å². The van der Waals surface area contributed by atoms with E-state index in [0.717, 1.165) is 48.2 Å². The van der Waals surface area contributed by atoms with Crippen molar-refractivity contribution in [2.24, 2.45) is 0 Å². The van der Waals surface area contributed by atoms with E-state index < -0.39 is 11.7 Å². The molecule has 0 spiro atoms. The molecule has 1 saturated heterocycles. The summed E-state index contributed by atoms with van der Waals surface area (Å²) < 4.78 is 17.1. The van der Waals surface area contributed by atoms with Gasteiger partial charge in [0.05, 0.1) is 24.8 Å². The number of oxazole rings is 1. The van der Waals surface area contributed by atoms with Crippen LogP contribution in [0, 0.1) is 6.92 Å². The number of aromatic nitrogens is 2. The summed E-state index contributed by atoms with van der Waals surface area (Å²) in [4.78, 5) is 26.3. The van der Waals surface area contributed by atoms with Gasteiger partial charge in [0.15, 0.2) is 5.89 Å². The molecular weight excluding hydrogens is 440 g/mol. The molecule has 0 N–H and O–H groups in total. The number of thioether (sulfide) groups is 1. The maximum atomic E-state index is 13.0. The topological polar surface area (TPSA) is 80.9 Å². The van der Waals surface area contributed by atoms with Crippen molar-refractivity contribution >= 4 is 29.4 Å². The van der Waals surface area contributed by atoms with Crippen molar-refractivity contribution in [2.75, 3.05) is 48.2 Å². The molecule has 1 amide bonds. The highest BCUT2D eigenvalue weighted by atomic mass is 32.2. The fraction of sp³-hybridized carbons (Fsp3) is 0.625. The lowest BCUT2D eigenvalue weighted by molar-refractivity contribution is 0.0586. The summed E-state index contributed by atoms with van der Waals surface area (Å²) in [5, 5.41) is 0. The first-order chi connectivity index (χ1) is 15.7. The molecule has 3 rings (SSSR count). The second-order valence-corrected chi connectivity index (χ2v) is 9.91. The molecule has 1 aliphatic heterocycles. The molecule has 3 heterocycles. The van der Waals surface area contributed by atoms with E-state index in [-0.39, 0.29) is 0 Å². The van der Waals surface area contributed by atoms with Gasteiger partial charge in [0.1, 0.15) is 17.2 Å². The van der Waals surface area contributed by atoms with Gasteiger partial charge < -0.3 is 18.8 Å². The van der Waals surface area contributed by atoms with Crippen LogP contribution in [0.4, 0.5) is 16.3 Å². The van der Waals surface area contributed by atoms with Crippen LogP contribution in [0.1, 0.15) is 50.7 Å². The highest BCUT2D eigenvalue weighted by Gasteiger charge is 2.25. The lowest BCUT2D eigenvalue weighted by Crippen LogP contribution is -2.38. The summed E-state index contributed by atoms with van der Waals surface area (Å²) in [6.45, 7) is 12.6. The van der Waals surface area contributed by atoms with Crippen LogP contribution in [0.2, 0.25) is 0 Å². The Bertz CT molecular complexity index is 935. The number of nitrogens with zero attached hydrogens (tertiary/aromatic N) is 4. The second kappa shape index (κ2) is 11.2. The Hall–Kier alpha value is -2.26. The van der Waals surface area contributed by atoms with E-state index in [4.69, 9.17) is 18.9 Å². The maximum absolute atomic E-state index is 13.0. The predicted molar refractivity (Wildman–Crippen MR) is 132 cm³/mol. The average molecular weight is 477 g/mol. The van der Waals surface area contributed by atoms with E-state index in [2.05, 4.69) is 22.9 Å². The van der Waals surface area contributed by atoms with Gasteiger partial charge in [0.25, 0.3) is 0 Å². The SMILES string of the molecule is CCc1oc(CCc2cc(N3CCOCC3)cc(N(CSC)C(=O)OC(C)(C)C)n2)nc1C. The van der Waals surface area contributed by atoms with Crippen molar-refractivity contribution in [3.05, 3.63) is 35.2 Å². The summed E-state index contributed by atoms with van der Waals surface area (Å²) in [6, 6.07) is 4.07. The van der Waals surface area contributed by atoms with Crippen molar-refractivity contribution in [3.8, 4) is 0 Å². The zero-order chi connectivity index (χ0) is 24.0. The van der Waals surface area contributed by atoms with E-state index in [0.29, 0.717) is 37.8 Å². The van der Waals surface area contributed by atoms with Crippen molar-refractivity contribution in [1.82, 2.24) is 9.97 Å². The smallest absolute Gasteiger partial charge is 0.416 e. The summed E-state index contributed by atoms with van der Waals surface area (Å²) in [6.07, 6.45) is 3.70. The first-order valence-corrected chi connectivity index (χ1v) is 12.9. The molecule has 182 valence electrons. The number of ether oxygens (including phenoxy) is 2. The van der Waals surface area contributed by atoms with Crippen LogP contribution in [0.5, 0.6) is 0 Å². The van der Waals surface area contributed by atoms with E-state index in [1.165, 1.54) is 0 Å². The van der Waals surface area contributed by atoms with Crippen molar-refractivity contribution in [3.63, 3.8) is 0 Å². The van der Waals surface area contributed by atoms with Gasteiger partial charge in [-0.15, -0.1) is 11.8 Å². The van der Waals surface area contributed by atoms with Gasteiger partial charge in [-0.2, -0.15) is 0 Å². The minimum atomic E-state index is -0.585. The maximum Gasteiger partial charge on any atom is 0.416 e. The van der Waals surface area contributed by atoms with Crippen LogP contribution < -0.4 is 9.80 Å². The predicted octanol–water partition coefficient (Wildman–Crippen LogP) is 4.62. The Kier molecular flexibility index (Phi) is 8.64. The van der Waals surface area contributed by atoms with Crippen molar-refractivity contribution in [1.29, 1.82) is 0 Å². The number of morpholine rings is 1. The molecule has 0 atom stereocenters. The third kappa shape index (κ3) is 7.11. The van der Waals surface area contributed by atoms with Gasteiger partial charge in [0, 0.05) is 43.4 Å². The van der Waals surface area contributed by atoms with Crippen LogP contribution in [0.25, 0.3) is 0 Å². The van der Waals surface area contributed by atoms with Crippen LogP contribution in [-0.4, -0.2) is 60.1 Å².